The Labute approximate surface area is 159 Å². The van der Waals surface area contributed by atoms with Crippen LogP contribution in [0.15, 0.2) is 67.0 Å². The number of fused-ring (bicyclic) bond motifs is 4. The van der Waals surface area contributed by atoms with Crippen LogP contribution in [0.1, 0.15) is 41.4 Å². The van der Waals surface area contributed by atoms with Gasteiger partial charge in [0.25, 0.3) is 0 Å². The third-order valence-corrected chi connectivity index (χ3v) is 5.73. The van der Waals surface area contributed by atoms with Crippen LogP contribution in [0.5, 0.6) is 5.75 Å². The number of nitrogens with zero attached hydrogens (tertiary/aromatic N) is 3. The molecule has 5 rings (SSSR count). The molecule has 0 N–H and O–H groups in total. The number of pyridine rings is 2. The zero-order valence-corrected chi connectivity index (χ0v) is 15.3. The van der Waals surface area contributed by atoms with Crippen LogP contribution in [0.25, 0.3) is 0 Å². The Morgan fingerprint density at radius 2 is 1.93 bits per heavy atom. The minimum absolute atomic E-state index is 0.498. The predicted octanol–water partition coefficient (Wildman–Crippen LogP) is 4.32. The van der Waals surface area contributed by atoms with Gasteiger partial charge in [-0.15, -0.1) is 0 Å². The second-order valence-corrected chi connectivity index (χ2v) is 7.42. The third-order valence-electron chi connectivity index (χ3n) is 5.73. The average molecular weight is 357 g/mol. The minimum Gasteiger partial charge on any atom is -0.487 e. The quantitative estimate of drug-likeness (QED) is 0.682. The predicted molar refractivity (Wildman–Crippen MR) is 104 cm³/mol. The van der Waals surface area contributed by atoms with Crippen molar-refractivity contribution in [2.75, 3.05) is 0 Å². The molecule has 2 bridgehead atoms. The van der Waals surface area contributed by atoms with E-state index in [1.807, 2.05) is 30.5 Å². The van der Waals surface area contributed by atoms with Crippen molar-refractivity contribution >= 4 is 0 Å². The summed E-state index contributed by atoms with van der Waals surface area (Å²) in [6.45, 7) is 1.46. The summed E-state index contributed by atoms with van der Waals surface area (Å²) in [6, 6.07) is 19.8. The van der Waals surface area contributed by atoms with E-state index >= 15 is 0 Å². The highest BCUT2D eigenvalue weighted by Crippen LogP contribution is 2.43. The molecule has 0 aliphatic carbocycles. The lowest BCUT2D eigenvalue weighted by atomic mass is 9.97. The number of hydrogen-bond acceptors (Lipinski definition) is 4. The maximum atomic E-state index is 5.96. The topological polar surface area (TPSA) is 38.2 Å². The molecule has 1 aromatic carbocycles. The molecule has 0 saturated carbocycles. The summed E-state index contributed by atoms with van der Waals surface area (Å²) in [7, 11) is 0. The molecule has 0 radical (unpaired) electrons. The standard InChI is InChI=1S/C23H23N3O/c1-2-11-24-18(6-1)16-27-20-7-3-5-17(13-20)15-26-19-9-10-23(26)21-8-4-12-25-22(21)14-19/h1-8,11-13,19,23H,9-10,14-16H2/t19-,23-/m1/s1. The molecular weight excluding hydrogens is 334 g/mol. The van der Waals surface area contributed by atoms with Crippen LogP contribution in [-0.2, 0) is 19.6 Å². The molecule has 0 spiro atoms. The number of ether oxygens (including phenoxy) is 1. The monoisotopic (exact) mass is 357 g/mol. The molecule has 1 saturated heterocycles. The highest BCUT2D eigenvalue weighted by Gasteiger charge is 2.40. The van der Waals surface area contributed by atoms with Gasteiger partial charge in [0.05, 0.1) is 5.69 Å². The Kier molecular flexibility index (Phi) is 4.34. The Morgan fingerprint density at radius 3 is 2.85 bits per heavy atom. The van der Waals surface area contributed by atoms with E-state index in [0.29, 0.717) is 18.7 Å². The van der Waals surface area contributed by atoms with E-state index in [-0.39, 0.29) is 0 Å². The van der Waals surface area contributed by atoms with Crippen molar-refractivity contribution in [3.8, 4) is 5.75 Å². The van der Waals surface area contributed by atoms with E-state index in [9.17, 15) is 0 Å². The summed E-state index contributed by atoms with van der Waals surface area (Å²) >= 11 is 0. The molecule has 2 aliphatic heterocycles. The van der Waals surface area contributed by atoms with Crippen LogP contribution in [0.4, 0.5) is 0 Å². The number of aromatic nitrogens is 2. The Balaban J connectivity index is 1.30. The van der Waals surface area contributed by atoms with Gasteiger partial charge in [0.1, 0.15) is 12.4 Å². The fourth-order valence-corrected chi connectivity index (χ4v) is 4.46. The summed E-state index contributed by atoms with van der Waals surface area (Å²) in [5, 5.41) is 0. The van der Waals surface area contributed by atoms with E-state index < -0.39 is 0 Å². The first-order chi connectivity index (χ1) is 13.4. The minimum atomic E-state index is 0.498. The fraction of sp³-hybridized carbons (Fsp3) is 0.304. The van der Waals surface area contributed by atoms with Crippen LogP contribution in [-0.4, -0.2) is 20.9 Å². The van der Waals surface area contributed by atoms with Gasteiger partial charge in [-0.05, 0) is 54.3 Å². The van der Waals surface area contributed by atoms with Gasteiger partial charge in [-0.1, -0.05) is 24.3 Å². The van der Waals surface area contributed by atoms with Gasteiger partial charge in [-0.25, -0.2) is 0 Å². The van der Waals surface area contributed by atoms with Crippen LogP contribution < -0.4 is 4.74 Å². The zero-order chi connectivity index (χ0) is 18.1. The first-order valence-corrected chi connectivity index (χ1v) is 9.68. The first kappa shape index (κ1) is 16.5. The average Bonchev–Trinajstić information content (AvgIpc) is 2.99. The lowest BCUT2D eigenvalue weighted by molar-refractivity contribution is 0.166. The molecule has 3 aromatic rings. The molecule has 27 heavy (non-hydrogen) atoms. The van der Waals surface area contributed by atoms with E-state index in [4.69, 9.17) is 4.74 Å². The summed E-state index contributed by atoms with van der Waals surface area (Å²) in [5.41, 5.74) is 4.97. The Hall–Kier alpha value is -2.72. The van der Waals surface area contributed by atoms with E-state index in [1.165, 1.54) is 29.7 Å². The first-order valence-electron chi connectivity index (χ1n) is 9.68. The van der Waals surface area contributed by atoms with Crippen molar-refractivity contribution in [3.05, 3.63) is 89.5 Å². The lowest BCUT2D eigenvalue weighted by Gasteiger charge is -2.35. The molecular formula is C23H23N3O. The molecule has 136 valence electrons. The van der Waals surface area contributed by atoms with Gasteiger partial charge < -0.3 is 4.74 Å². The SMILES string of the molecule is c1ccc(COc2cccc(CN3[C@@H]4CC[C@@H]3c3cccnc3C4)c2)nc1. The molecule has 2 aromatic heterocycles. The lowest BCUT2D eigenvalue weighted by Crippen LogP contribution is -2.37. The maximum Gasteiger partial charge on any atom is 0.130 e. The smallest absolute Gasteiger partial charge is 0.130 e. The van der Waals surface area contributed by atoms with Crippen molar-refractivity contribution in [2.24, 2.45) is 0 Å². The largest absolute Gasteiger partial charge is 0.487 e. The van der Waals surface area contributed by atoms with Crippen molar-refractivity contribution in [1.29, 1.82) is 0 Å². The van der Waals surface area contributed by atoms with E-state index in [1.54, 1.807) is 6.20 Å². The number of benzene rings is 1. The summed E-state index contributed by atoms with van der Waals surface area (Å²) in [5.74, 6) is 0.907. The summed E-state index contributed by atoms with van der Waals surface area (Å²) < 4.78 is 5.96. The van der Waals surface area contributed by atoms with Crippen LogP contribution >= 0.6 is 0 Å². The van der Waals surface area contributed by atoms with Crippen molar-refractivity contribution in [1.82, 2.24) is 14.9 Å². The number of rotatable bonds is 5. The highest BCUT2D eigenvalue weighted by atomic mass is 16.5. The van der Waals surface area contributed by atoms with Crippen LogP contribution in [0.2, 0.25) is 0 Å². The molecule has 4 nitrogen and oxygen atoms in total. The molecule has 0 unspecified atom stereocenters. The Bertz CT molecular complexity index is 928. The van der Waals surface area contributed by atoms with Gasteiger partial charge in [0.15, 0.2) is 0 Å². The van der Waals surface area contributed by atoms with E-state index in [2.05, 4.69) is 45.2 Å². The molecule has 2 aliphatic rings. The molecule has 2 atom stereocenters. The second-order valence-electron chi connectivity index (χ2n) is 7.42. The molecule has 4 heteroatoms. The fourth-order valence-electron chi connectivity index (χ4n) is 4.46. The molecule has 4 heterocycles. The second kappa shape index (κ2) is 7.12. The third kappa shape index (κ3) is 3.33. The Morgan fingerprint density at radius 1 is 0.963 bits per heavy atom. The van der Waals surface area contributed by atoms with Gasteiger partial charge in [-0.2, -0.15) is 0 Å². The summed E-state index contributed by atoms with van der Waals surface area (Å²) in [6.07, 6.45) is 7.29. The van der Waals surface area contributed by atoms with Crippen molar-refractivity contribution in [3.63, 3.8) is 0 Å². The van der Waals surface area contributed by atoms with Gasteiger partial charge in [-0.3, -0.25) is 14.9 Å². The van der Waals surface area contributed by atoms with Crippen LogP contribution in [0, 0.1) is 0 Å². The highest BCUT2D eigenvalue weighted by molar-refractivity contribution is 5.32. The van der Waals surface area contributed by atoms with E-state index in [0.717, 1.165) is 24.4 Å². The van der Waals surface area contributed by atoms with Crippen molar-refractivity contribution < 1.29 is 4.74 Å². The number of hydrogen-bond donors (Lipinski definition) is 0. The van der Waals surface area contributed by atoms with Gasteiger partial charge in [0, 0.05) is 43.1 Å². The van der Waals surface area contributed by atoms with Crippen LogP contribution in [0.3, 0.4) is 0 Å². The molecule has 0 amide bonds. The zero-order valence-electron chi connectivity index (χ0n) is 15.3. The van der Waals surface area contributed by atoms with Crippen molar-refractivity contribution in [2.45, 2.75) is 44.5 Å². The van der Waals surface area contributed by atoms with Gasteiger partial charge >= 0.3 is 0 Å². The molecule has 1 fully saturated rings. The normalized spacial score (nSPS) is 21.0. The summed E-state index contributed by atoms with van der Waals surface area (Å²) in [4.78, 5) is 11.6. The van der Waals surface area contributed by atoms with Gasteiger partial charge in [0.2, 0.25) is 0 Å². The maximum absolute atomic E-state index is 5.96.